The lowest BCUT2D eigenvalue weighted by molar-refractivity contribution is -0.126. The van der Waals surface area contributed by atoms with E-state index in [1.165, 1.54) is 18.2 Å². The molecule has 0 bridgehead atoms. The molecule has 2 amide bonds. The van der Waals surface area contributed by atoms with Crippen LogP contribution >= 0.6 is 0 Å². The number of nitrogens with one attached hydrogen (secondary N) is 4. The largest absolute Gasteiger partial charge is 0.347 e. The van der Waals surface area contributed by atoms with Crippen LogP contribution in [0.1, 0.15) is 31.4 Å². The summed E-state index contributed by atoms with van der Waals surface area (Å²) >= 11 is 0. The third-order valence-electron chi connectivity index (χ3n) is 3.35. The number of hydrazine groups is 1. The maximum Gasteiger partial charge on any atom is 0.240 e. The number of hydrogen-bond donors (Lipinski definition) is 4. The fourth-order valence-corrected chi connectivity index (χ4v) is 2.23. The molecule has 1 heterocycles. The second-order valence-electron chi connectivity index (χ2n) is 4.96. The van der Waals surface area contributed by atoms with Gasteiger partial charge in [0.2, 0.25) is 11.8 Å². The van der Waals surface area contributed by atoms with Crippen molar-refractivity contribution in [1.82, 2.24) is 21.5 Å². The molecule has 22 heavy (non-hydrogen) atoms. The molecule has 1 saturated heterocycles. The predicted octanol–water partition coefficient (Wildman–Crippen LogP) is 0.472. The summed E-state index contributed by atoms with van der Waals surface area (Å²) in [6.45, 7) is 1.55. The summed E-state index contributed by atoms with van der Waals surface area (Å²) in [5, 5.41) is 5.07. The Morgan fingerprint density at radius 2 is 1.91 bits per heavy atom. The highest BCUT2D eigenvalue weighted by Crippen LogP contribution is 2.26. The summed E-state index contributed by atoms with van der Waals surface area (Å²) in [4.78, 5) is 22.7. The van der Waals surface area contributed by atoms with E-state index in [1.54, 1.807) is 6.92 Å². The van der Waals surface area contributed by atoms with Crippen LogP contribution in [-0.4, -0.2) is 24.5 Å². The molecule has 1 aromatic rings. The lowest BCUT2D eigenvalue weighted by Gasteiger charge is -2.13. The quantitative estimate of drug-likeness (QED) is 0.637. The van der Waals surface area contributed by atoms with Gasteiger partial charge in [-0.05, 0) is 12.1 Å². The molecule has 4 N–H and O–H groups in total. The van der Waals surface area contributed by atoms with Gasteiger partial charge < -0.3 is 10.6 Å². The zero-order chi connectivity index (χ0) is 16.1. The van der Waals surface area contributed by atoms with Crippen molar-refractivity contribution in [2.45, 2.75) is 32.0 Å². The van der Waals surface area contributed by atoms with Crippen LogP contribution in [0.4, 0.5) is 8.78 Å². The topological polar surface area (TPSA) is 82.3 Å². The number of amides is 2. The second kappa shape index (κ2) is 7.28. The van der Waals surface area contributed by atoms with Crippen molar-refractivity contribution in [1.29, 1.82) is 0 Å². The van der Waals surface area contributed by atoms with Gasteiger partial charge in [-0.2, -0.15) is 0 Å². The van der Waals surface area contributed by atoms with Crippen molar-refractivity contribution in [3.63, 3.8) is 0 Å². The minimum atomic E-state index is -0.638. The van der Waals surface area contributed by atoms with E-state index in [0.717, 1.165) is 0 Å². The monoisotopic (exact) mass is 312 g/mol. The van der Waals surface area contributed by atoms with Gasteiger partial charge in [-0.3, -0.25) is 9.59 Å². The number of benzene rings is 1. The smallest absolute Gasteiger partial charge is 0.240 e. The van der Waals surface area contributed by atoms with E-state index >= 15 is 0 Å². The highest BCUT2D eigenvalue weighted by atomic mass is 19.1. The van der Waals surface area contributed by atoms with E-state index in [2.05, 4.69) is 21.5 Å². The molecule has 0 spiro atoms. The van der Waals surface area contributed by atoms with Crippen LogP contribution in [0.3, 0.4) is 0 Å². The van der Waals surface area contributed by atoms with Gasteiger partial charge in [0, 0.05) is 18.4 Å². The minimum absolute atomic E-state index is 0.0639. The highest BCUT2D eigenvalue weighted by molar-refractivity contribution is 5.84. The summed E-state index contributed by atoms with van der Waals surface area (Å²) < 4.78 is 27.4. The summed E-state index contributed by atoms with van der Waals surface area (Å²) in [6.07, 6.45) is 0.103. The van der Waals surface area contributed by atoms with Crippen LogP contribution in [0.2, 0.25) is 0 Å². The highest BCUT2D eigenvalue weighted by Gasteiger charge is 2.29. The van der Waals surface area contributed by atoms with Crippen LogP contribution in [-0.2, 0) is 9.59 Å². The first-order valence-corrected chi connectivity index (χ1v) is 7.02. The molecule has 0 aliphatic carbocycles. The Labute approximate surface area is 126 Å². The van der Waals surface area contributed by atoms with E-state index in [0.29, 0.717) is 6.42 Å². The summed E-state index contributed by atoms with van der Waals surface area (Å²) in [7, 11) is 0. The van der Waals surface area contributed by atoms with Crippen molar-refractivity contribution >= 4 is 11.8 Å². The molecule has 0 aromatic heterocycles. The van der Waals surface area contributed by atoms with Crippen LogP contribution in [0.15, 0.2) is 18.2 Å². The molecular weight excluding hydrogens is 294 g/mol. The first-order valence-electron chi connectivity index (χ1n) is 7.02. The minimum Gasteiger partial charge on any atom is -0.347 e. The molecule has 1 aromatic carbocycles. The molecule has 0 saturated carbocycles. The van der Waals surface area contributed by atoms with Crippen LogP contribution in [0.25, 0.3) is 0 Å². The van der Waals surface area contributed by atoms with Crippen molar-refractivity contribution in [2.24, 2.45) is 0 Å². The zero-order valence-corrected chi connectivity index (χ0v) is 12.1. The first-order chi connectivity index (χ1) is 10.5. The molecule has 6 nitrogen and oxygen atoms in total. The van der Waals surface area contributed by atoms with Crippen molar-refractivity contribution in [2.75, 3.05) is 6.54 Å². The van der Waals surface area contributed by atoms with Gasteiger partial charge in [0.1, 0.15) is 11.6 Å². The number of carbonyl (C=O) groups excluding carboxylic acids is 2. The number of hydrogen-bond acceptors (Lipinski definition) is 4. The Morgan fingerprint density at radius 1 is 1.23 bits per heavy atom. The van der Waals surface area contributed by atoms with Crippen LogP contribution in [0.5, 0.6) is 0 Å². The average molecular weight is 312 g/mol. The Hall–Kier alpha value is -2.06. The van der Waals surface area contributed by atoms with E-state index in [9.17, 15) is 18.4 Å². The molecule has 1 fully saturated rings. The third kappa shape index (κ3) is 3.99. The fraction of sp³-hybridized carbons (Fsp3) is 0.429. The molecule has 0 radical (unpaired) electrons. The lowest BCUT2D eigenvalue weighted by atomic mass is 10.0. The fourth-order valence-electron chi connectivity index (χ4n) is 2.23. The SMILES string of the molecule is CCC(=O)NCC(=O)NC1CC(c2c(F)cccc2F)NN1. The second-order valence-corrected chi connectivity index (χ2v) is 4.96. The van der Waals surface area contributed by atoms with Gasteiger partial charge in [0.05, 0.1) is 18.8 Å². The van der Waals surface area contributed by atoms with Crippen molar-refractivity contribution < 1.29 is 18.4 Å². The predicted molar refractivity (Wildman–Crippen MR) is 75.2 cm³/mol. The van der Waals surface area contributed by atoms with E-state index in [4.69, 9.17) is 0 Å². The normalized spacial score (nSPS) is 20.7. The molecule has 1 aliphatic rings. The van der Waals surface area contributed by atoms with Crippen LogP contribution < -0.4 is 21.5 Å². The van der Waals surface area contributed by atoms with Gasteiger partial charge in [-0.1, -0.05) is 13.0 Å². The Balaban J connectivity index is 1.88. The van der Waals surface area contributed by atoms with E-state index in [-0.39, 0.29) is 30.3 Å². The van der Waals surface area contributed by atoms with E-state index < -0.39 is 23.8 Å². The Kier molecular flexibility index (Phi) is 5.40. The first kappa shape index (κ1) is 16.3. The van der Waals surface area contributed by atoms with Crippen LogP contribution in [0, 0.1) is 11.6 Å². The number of halogens is 2. The third-order valence-corrected chi connectivity index (χ3v) is 3.35. The summed E-state index contributed by atoms with van der Waals surface area (Å²) in [5.74, 6) is -1.88. The number of carbonyl (C=O) groups is 2. The van der Waals surface area contributed by atoms with Gasteiger partial charge in [0.15, 0.2) is 0 Å². The Morgan fingerprint density at radius 3 is 2.55 bits per heavy atom. The lowest BCUT2D eigenvalue weighted by Crippen LogP contribution is -2.47. The number of rotatable bonds is 5. The molecule has 8 heteroatoms. The standard InChI is InChI=1S/C14H18F2N4O2/c1-2-12(21)17-7-13(22)18-11-6-10(19-20-11)14-8(15)4-3-5-9(14)16/h3-5,10-11,19-20H,2,6-7H2,1H3,(H,17,21)(H,18,22). The van der Waals surface area contributed by atoms with Crippen molar-refractivity contribution in [3.05, 3.63) is 35.4 Å². The molecule has 2 rings (SSSR count). The molecule has 1 aliphatic heterocycles. The maximum atomic E-state index is 13.7. The Bertz CT molecular complexity index is 548. The van der Waals surface area contributed by atoms with Crippen molar-refractivity contribution in [3.8, 4) is 0 Å². The summed E-state index contributed by atoms with van der Waals surface area (Å²) in [6, 6.07) is 3.09. The average Bonchev–Trinajstić information content (AvgIpc) is 2.92. The maximum absolute atomic E-state index is 13.7. The summed E-state index contributed by atoms with van der Waals surface area (Å²) in [5.41, 5.74) is 5.45. The van der Waals surface area contributed by atoms with Gasteiger partial charge in [-0.15, -0.1) is 0 Å². The molecule has 2 atom stereocenters. The van der Waals surface area contributed by atoms with Gasteiger partial charge in [0.25, 0.3) is 0 Å². The zero-order valence-electron chi connectivity index (χ0n) is 12.1. The molecular formula is C14H18F2N4O2. The molecule has 120 valence electrons. The van der Waals surface area contributed by atoms with Gasteiger partial charge in [-0.25, -0.2) is 19.6 Å². The van der Waals surface area contributed by atoms with Gasteiger partial charge >= 0.3 is 0 Å². The molecule has 2 unspecified atom stereocenters. The van der Waals surface area contributed by atoms with E-state index in [1.807, 2.05) is 0 Å².